The predicted octanol–water partition coefficient (Wildman–Crippen LogP) is 16.4. The van der Waals surface area contributed by atoms with E-state index in [1.54, 1.807) is 58.3 Å². The maximum atomic E-state index is 17.0. The molecule has 8 heteroatoms. The highest BCUT2D eigenvalue weighted by Gasteiger charge is 2.29. The van der Waals surface area contributed by atoms with E-state index in [4.69, 9.17) is 0 Å². The first-order chi connectivity index (χ1) is 31.9. The Kier molecular flexibility index (Phi) is 10.2. The lowest BCUT2D eigenvalue weighted by Crippen LogP contribution is -2.15. The minimum absolute atomic E-state index is 0.128. The second-order valence-corrected chi connectivity index (χ2v) is 16.6. The van der Waals surface area contributed by atoms with Crippen molar-refractivity contribution < 1.29 is 17.6 Å². The number of aryl methyl sites for hydroxylation is 2. The van der Waals surface area contributed by atoms with E-state index in [0.717, 1.165) is 66.7 Å². The lowest BCUT2D eigenvalue weighted by atomic mass is 9.90. The molecule has 0 atom stereocenters. The molecule has 4 nitrogen and oxygen atoms in total. The Morgan fingerprint density at radius 3 is 1.17 bits per heavy atom. The number of hydrogen-bond donors (Lipinski definition) is 0. The fraction of sp³-hybridized carbons (Fsp3) is 0.0690. The Labute approximate surface area is 379 Å². The van der Waals surface area contributed by atoms with E-state index >= 15 is 17.6 Å². The fourth-order valence-corrected chi connectivity index (χ4v) is 9.39. The van der Waals surface area contributed by atoms with Crippen molar-refractivity contribution in [1.29, 1.82) is 10.5 Å². The van der Waals surface area contributed by atoms with Crippen LogP contribution in [0.25, 0.3) is 54.6 Å². The van der Waals surface area contributed by atoms with Gasteiger partial charge in [-0.15, -0.1) is 0 Å². The van der Waals surface area contributed by atoms with Crippen LogP contribution in [-0.2, 0) is 0 Å². The van der Waals surface area contributed by atoms with Crippen LogP contribution in [0.5, 0.6) is 0 Å². The summed E-state index contributed by atoms with van der Waals surface area (Å²) >= 11 is 0. The van der Waals surface area contributed by atoms with Gasteiger partial charge in [0.15, 0.2) is 11.6 Å². The van der Waals surface area contributed by atoms with Crippen LogP contribution in [0.2, 0.25) is 0 Å². The number of halogens is 4. The molecule has 10 aromatic rings. The highest BCUT2D eigenvalue weighted by atomic mass is 19.1. The van der Waals surface area contributed by atoms with Gasteiger partial charge in [0.25, 0.3) is 0 Å². The molecule has 0 unspecified atom stereocenters. The van der Waals surface area contributed by atoms with Gasteiger partial charge in [-0.25, -0.2) is 17.6 Å². The summed E-state index contributed by atoms with van der Waals surface area (Å²) in [5, 5.41) is 24.5. The summed E-state index contributed by atoms with van der Waals surface area (Å²) in [5.41, 5.74) is 9.06. The first-order valence-corrected chi connectivity index (χ1v) is 21.4. The van der Waals surface area contributed by atoms with Crippen molar-refractivity contribution in [3.63, 3.8) is 0 Å². The third kappa shape index (κ3) is 6.83. The molecule has 0 spiro atoms. The summed E-state index contributed by atoms with van der Waals surface area (Å²) in [6.45, 7) is 7.78. The number of hydrogen-bond acceptors (Lipinski definition) is 4. The molecule has 0 aliphatic rings. The third-order valence-electron chi connectivity index (χ3n) is 12.9. The summed E-state index contributed by atoms with van der Waals surface area (Å²) in [6, 6.07) is 49.7. The maximum Gasteiger partial charge on any atom is 0.150 e. The topological polar surface area (TPSA) is 54.1 Å². The summed E-state index contributed by atoms with van der Waals surface area (Å²) in [5.74, 6) is -3.00. The number of rotatable bonds is 8. The monoisotopic (exact) mass is 866 g/mol. The molecule has 0 amide bonds. The van der Waals surface area contributed by atoms with E-state index in [1.807, 2.05) is 113 Å². The molecule has 0 aliphatic carbocycles. The normalized spacial score (nSPS) is 11.3. The average Bonchev–Trinajstić information content (AvgIpc) is 3.32. The molecule has 0 fully saturated rings. The van der Waals surface area contributed by atoms with E-state index < -0.39 is 23.3 Å². The molecule has 10 aromatic carbocycles. The molecule has 0 radical (unpaired) electrons. The van der Waals surface area contributed by atoms with Crippen molar-refractivity contribution in [1.82, 2.24) is 0 Å². The van der Waals surface area contributed by atoms with E-state index in [2.05, 4.69) is 12.1 Å². The first kappa shape index (κ1) is 41.5. The zero-order valence-corrected chi connectivity index (χ0v) is 36.3. The van der Waals surface area contributed by atoms with Gasteiger partial charge in [0.05, 0.1) is 46.0 Å². The smallest absolute Gasteiger partial charge is 0.150 e. The molecule has 0 heterocycles. The highest BCUT2D eigenvalue weighted by molar-refractivity contribution is 6.28. The van der Waals surface area contributed by atoms with E-state index in [0.29, 0.717) is 56.1 Å². The minimum atomic E-state index is -0.776. The van der Waals surface area contributed by atoms with Gasteiger partial charge in [0, 0.05) is 45.4 Å². The van der Waals surface area contributed by atoms with Crippen LogP contribution in [-0.4, -0.2) is 0 Å². The van der Waals surface area contributed by atoms with Crippen molar-refractivity contribution in [3.05, 3.63) is 214 Å². The lowest BCUT2D eigenvalue weighted by molar-refractivity contribution is 0.584. The molecular weight excluding hydrogens is 829 g/mol. The molecule has 10 rings (SSSR count). The zero-order chi connectivity index (χ0) is 46.0. The van der Waals surface area contributed by atoms with Gasteiger partial charge in [-0.1, -0.05) is 72.8 Å². The molecular formula is C58H38F4N4. The number of benzene rings is 10. The SMILES string of the molecule is Cc1cccc(-c2cc(F)cc(F)c2N(c2ccc(C#N)cc2)c2ccc3ccc4c(N(c5ccc(C#N)cc5)c5c(F)cc(F)cc5-c5cccc(C)c5C)ccc5ccc2c3c54)c1C. The van der Waals surface area contributed by atoms with Crippen LogP contribution >= 0.6 is 0 Å². The first-order valence-electron chi connectivity index (χ1n) is 21.4. The molecule has 318 valence electrons. The van der Waals surface area contributed by atoms with Crippen molar-refractivity contribution >= 4 is 66.4 Å². The summed E-state index contributed by atoms with van der Waals surface area (Å²) < 4.78 is 64.8. The van der Waals surface area contributed by atoms with Crippen LogP contribution < -0.4 is 9.80 Å². The quantitative estimate of drug-likeness (QED) is 0.113. The van der Waals surface area contributed by atoms with E-state index in [9.17, 15) is 10.5 Å². The lowest BCUT2D eigenvalue weighted by Gasteiger charge is -2.31. The Morgan fingerprint density at radius 1 is 0.409 bits per heavy atom. The Balaban J connectivity index is 1.28. The molecule has 0 bridgehead atoms. The largest absolute Gasteiger partial charge is 0.307 e. The van der Waals surface area contributed by atoms with Gasteiger partial charge in [-0.05, 0) is 155 Å². The predicted molar refractivity (Wildman–Crippen MR) is 259 cm³/mol. The van der Waals surface area contributed by atoms with Gasteiger partial charge in [0.2, 0.25) is 0 Å². The molecule has 0 aliphatic heterocycles. The molecule has 0 saturated carbocycles. The third-order valence-corrected chi connectivity index (χ3v) is 12.9. The Bertz CT molecular complexity index is 3420. The number of anilines is 6. The van der Waals surface area contributed by atoms with Crippen LogP contribution in [0.15, 0.2) is 158 Å². The van der Waals surface area contributed by atoms with E-state index in [1.165, 1.54) is 12.1 Å². The molecule has 0 N–H and O–H groups in total. The van der Waals surface area contributed by atoms with Crippen LogP contribution in [0.3, 0.4) is 0 Å². The molecule has 0 aromatic heterocycles. The van der Waals surface area contributed by atoms with Gasteiger partial charge < -0.3 is 9.80 Å². The Morgan fingerprint density at radius 2 is 0.788 bits per heavy atom. The van der Waals surface area contributed by atoms with Crippen LogP contribution in [0.1, 0.15) is 33.4 Å². The van der Waals surface area contributed by atoms with Gasteiger partial charge >= 0.3 is 0 Å². The standard InChI is InChI=1S/C58H38F4N4/c1-33-7-5-9-45(35(33)3)49-27-41(59)29-51(61)57(49)65(43-19-11-37(31-63)12-20-43)53-25-17-39-16-24-48-54(26-18-40-15-23-47(53)55(39)56(40)48)66(44-21-13-38(32-64)14-22-44)58-50(28-42(60)30-52(58)62)46-10-6-8-34(2)36(46)4/h5-30H,1-4H3. The minimum Gasteiger partial charge on any atom is -0.307 e. The summed E-state index contributed by atoms with van der Waals surface area (Å²) in [4.78, 5) is 3.57. The maximum absolute atomic E-state index is 17.0. The molecule has 0 saturated heterocycles. The van der Waals surface area contributed by atoms with Crippen molar-refractivity contribution in [2.75, 3.05) is 9.80 Å². The second kappa shape index (κ2) is 16.3. The molecule has 66 heavy (non-hydrogen) atoms. The van der Waals surface area contributed by atoms with Crippen molar-refractivity contribution in [3.8, 4) is 34.4 Å². The fourth-order valence-electron chi connectivity index (χ4n) is 9.39. The number of nitriles is 2. The van der Waals surface area contributed by atoms with Gasteiger partial charge in [-0.3, -0.25) is 0 Å². The van der Waals surface area contributed by atoms with Crippen molar-refractivity contribution in [2.24, 2.45) is 0 Å². The van der Waals surface area contributed by atoms with Crippen LogP contribution in [0, 0.1) is 73.6 Å². The van der Waals surface area contributed by atoms with Crippen molar-refractivity contribution in [2.45, 2.75) is 27.7 Å². The summed E-state index contributed by atoms with van der Waals surface area (Å²) in [7, 11) is 0. The van der Waals surface area contributed by atoms with E-state index in [-0.39, 0.29) is 11.4 Å². The van der Waals surface area contributed by atoms with Crippen LogP contribution in [0.4, 0.5) is 51.7 Å². The zero-order valence-electron chi connectivity index (χ0n) is 36.3. The average molecular weight is 867 g/mol. The summed E-state index contributed by atoms with van der Waals surface area (Å²) in [6.07, 6.45) is 0. The van der Waals surface area contributed by atoms with Gasteiger partial charge in [-0.2, -0.15) is 10.5 Å². The number of nitrogens with zero attached hydrogens (tertiary/aromatic N) is 4. The highest BCUT2D eigenvalue weighted by Crippen LogP contribution is 2.51. The Hall–Kier alpha value is -8.46. The second-order valence-electron chi connectivity index (χ2n) is 16.6. The van der Waals surface area contributed by atoms with Gasteiger partial charge in [0.1, 0.15) is 11.6 Å².